The summed E-state index contributed by atoms with van der Waals surface area (Å²) in [5.74, 6) is 0.503. The lowest BCUT2D eigenvalue weighted by Crippen LogP contribution is -2.39. The first-order chi connectivity index (χ1) is 9.63. The van der Waals surface area contributed by atoms with E-state index in [4.69, 9.17) is 0 Å². The third-order valence-electron chi connectivity index (χ3n) is 4.20. The summed E-state index contributed by atoms with van der Waals surface area (Å²) in [5.41, 5.74) is 0. The second-order valence-electron chi connectivity index (χ2n) is 5.89. The highest BCUT2D eigenvalue weighted by Crippen LogP contribution is 2.28. The lowest BCUT2D eigenvalue weighted by Gasteiger charge is -2.31. The van der Waals surface area contributed by atoms with Crippen molar-refractivity contribution in [2.24, 2.45) is 5.92 Å². The number of likely N-dealkylation sites (tertiary alicyclic amines) is 1. The molecule has 0 atom stereocenters. The molecular formula is C14H22N2O2S2. The van der Waals surface area contributed by atoms with Gasteiger partial charge in [-0.3, -0.25) is 4.90 Å². The van der Waals surface area contributed by atoms with Crippen molar-refractivity contribution in [3.05, 3.63) is 22.4 Å². The first-order valence-corrected chi connectivity index (χ1v) is 9.79. The number of nitrogens with zero attached hydrogens (tertiary/aromatic N) is 1. The maximum atomic E-state index is 11.8. The van der Waals surface area contributed by atoms with Gasteiger partial charge >= 0.3 is 0 Å². The minimum absolute atomic E-state index is 0.0959. The maximum Gasteiger partial charge on any atom is 0.214 e. The molecule has 1 aromatic heterocycles. The zero-order valence-corrected chi connectivity index (χ0v) is 13.3. The van der Waals surface area contributed by atoms with Crippen LogP contribution in [-0.2, 0) is 16.6 Å². The van der Waals surface area contributed by atoms with Crippen molar-refractivity contribution >= 4 is 21.4 Å². The molecule has 0 bridgehead atoms. The molecule has 1 aromatic rings. The predicted molar refractivity (Wildman–Crippen MR) is 82.3 cm³/mol. The molecule has 1 N–H and O–H groups in total. The lowest BCUT2D eigenvalue weighted by molar-refractivity contribution is 0.180. The van der Waals surface area contributed by atoms with Gasteiger partial charge in [-0.05, 0) is 56.1 Å². The van der Waals surface area contributed by atoms with Gasteiger partial charge in [0.25, 0.3) is 0 Å². The summed E-state index contributed by atoms with van der Waals surface area (Å²) in [6, 6.07) is 4.28. The second-order valence-corrected chi connectivity index (χ2v) is 8.97. The van der Waals surface area contributed by atoms with E-state index in [2.05, 4.69) is 27.1 Å². The molecule has 1 saturated carbocycles. The molecule has 2 fully saturated rings. The van der Waals surface area contributed by atoms with Gasteiger partial charge in [0.1, 0.15) is 0 Å². The molecule has 1 saturated heterocycles. The summed E-state index contributed by atoms with van der Waals surface area (Å²) in [6.07, 6.45) is 3.88. The largest absolute Gasteiger partial charge is 0.298 e. The fourth-order valence-corrected chi connectivity index (χ4v) is 4.91. The highest BCUT2D eigenvalue weighted by molar-refractivity contribution is 7.90. The van der Waals surface area contributed by atoms with Gasteiger partial charge in [-0.1, -0.05) is 6.07 Å². The molecule has 1 aliphatic heterocycles. The van der Waals surface area contributed by atoms with Gasteiger partial charge in [0.05, 0.1) is 5.25 Å². The number of piperidine rings is 1. The topological polar surface area (TPSA) is 49.4 Å². The van der Waals surface area contributed by atoms with E-state index in [1.54, 1.807) is 0 Å². The van der Waals surface area contributed by atoms with E-state index in [-0.39, 0.29) is 5.25 Å². The molecule has 0 aromatic carbocycles. The van der Waals surface area contributed by atoms with Crippen LogP contribution in [0.3, 0.4) is 0 Å². The van der Waals surface area contributed by atoms with Crippen molar-refractivity contribution in [2.75, 3.05) is 19.6 Å². The Morgan fingerprint density at radius 2 is 2.00 bits per heavy atom. The minimum atomic E-state index is -3.00. The van der Waals surface area contributed by atoms with Crippen LogP contribution in [0.4, 0.5) is 0 Å². The number of sulfonamides is 1. The zero-order valence-electron chi connectivity index (χ0n) is 11.6. The Balaban J connectivity index is 1.40. The second kappa shape index (κ2) is 6.13. The van der Waals surface area contributed by atoms with E-state index in [1.165, 1.54) is 4.88 Å². The summed E-state index contributed by atoms with van der Waals surface area (Å²) in [4.78, 5) is 3.88. The van der Waals surface area contributed by atoms with Crippen LogP contribution >= 0.6 is 11.3 Å². The first-order valence-electron chi connectivity index (χ1n) is 7.37. The number of rotatable bonds is 6. The average molecular weight is 314 g/mol. The number of thiophene rings is 1. The van der Waals surface area contributed by atoms with Crippen LogP contribution in [0, 0.1) is 5.92 Å². The summed E-state index contributed by atoms with van der Waals surface area (Å²) in [5, 5.41) is 2.02. The summed E-state index contributed by atoms with van der Waals surface area (Å²) in [7, 11) is -3.00. The molecule has 4 nitrogen and oxygen atoms in total. The van der Waals surface area contributed by atoms with Gasteiger partial charge in [0, 0.05) is 18.0 Å². The van der Waals surface area contributed by atoms with E-state index >= 15 is 0 Å². The van der Waals surface area contributed by atoms with Crippen molar-refractivity contribution in [1.82, 2.24) is 9.62 Å². The quantitative estimate of drug-likeness (QED) is 0.874. The Labute approximate surface area is 125 Å². The number of hydrogen-bond acceptors (Lipinski definition) is 4. The van der Waals surface area contributed by atoms with Crippen molar-refractivity contribution in [3.63, 3.8) is 0 Å². The van der Waals surface area contributed by atoms with Crippen LogP contribution in [0.25, 0.3) is 0 Å². The smallest absolute Gasteiger partial charge is 0.214 e. The van der Waals surface area contributed by atoms with Gasteiger partial charge in [-0.25, -0.2) is 13.1 Å². The number of hydrogen-bond donors (Lipinski definition) is 1. The van der Waals surface area contributed by atoms with Crippen LogP contribution in [0.5, 0.6) is 0 Å². The number of nitrogens with one attached hydrogen (secondary N) is 1. The van der Waals surface area contributed by atoms with E-state index in [0.717, 1.165) is 45.3 Å². The monoisotopic (exact) mass is 314 g/mol. The van der Waals surface area contributed by atoms with Crippen LogP contribution < -0.4 is 4.72 Å². The normalized spacial score (nSPS) is 22.2. The molecule has 112 valence electrons. The average Bonchev–Trinajstić information content (AvgIpc) is 3.19. The van der Waals surface area contributed by atoms with Gasteiger partial charge in [0.15, 0.2) is 0 Å². The summed E-state index contributed by atoms with van der Waals surface area (Å²) in [6.45, 7) is 3.82. The van der Waals surface area contributed by atoms with E-state index in [9.17, 15) is 8.42 Å². The predicted octanol–water partition coefficient (Wildman–Crippen LogP) is 2.04. The Morgan fingerprint density at radius 3 is 2.60 bits per heavy atom. The summed E-state index contributed by atoms with van der Waals surface area (Å²) >= 11 is 1.81. The van der Waals surface area contributed by atoms with Crippen LogP contribution in [0.1, 0.15) is 30.6 Å². The van der Waals surface area contributed by atoms with E-state index in [0.29, 0.717) is 12.5 Å². The first kappa shape index (κ1) is 14.5. The molecule has 2 aliphatic rings. The van der Waals surface area contributed by atoms with Crippen LogP contribution in [0.2, 0.25) is 0 Å². The molecule has 0 unspecified atom stereocenters. The Morgan fingerprint density at radius 1 is 1.25 bits per heavy atom. The molecule has 6 heteroatoms. The van der Waals surface area contributed by atoms with Crippen molar-refractivity contribution in [1.29, 1.82) is 0 Å². The maximum absolute atomic E-state index is 11.8. The molecule has 2 heterocycles. The molecule has 0 radical (unpaired) electrons. The van der Waals surface area contributed by atoms with Gasteiger partial charge in [-0.2, -0.15) is 0 Å². The van der Waals surface area contributed by atoms with E-state index in [1.807, 2.05) is 11.3 Å². The highest BCUT2D eigenvalue weighted by Gasteiger charge is 2.35. The molecule has 0 amide bonds. The fourth-order valence-electron chi connectivity index (χ4n) is 2.70. The minimum Gasteiger partial charge on any atom is -0.298 e. The SMILES string of the molecule is O=S(=O)(NCC1CCN(Cc2cccs2)CC1)C1CC1. The van der Waals surface area contributed by atoms with Gasteiger partial charge in [-0.15, -0.1) is 11.3 Å². The van der Waals surface area contributed by atoms with Gasteiger partial charge < -0.3 is 0 Å². The van der Waals surface area contributed by atoms with Crippen LogP contribution in [-0.4, -0.2) is 38.2 Å². The highest BCUT2D eigenvalue weighted by atomic mass is 32.2. The third-order valence-corrected chi connectivity index (χ3v) is 6.98. The van der Waals surface area contributed by atoms with Crippen molar-refractivity contribution < 1.29 is 8.42 Å². The van der Waals surface area contributed by atoms with Gasteiger partial charge in [0.2, 0.25) is 10.0 Å². The zero-order chi connectivity index (χ0) is 14.0. The molecule has 20 heavy (non-hydrogen) atoms. The molecule has 3 rings (SSSR count). The van der Waals surface area contributed by atoms with E-state index < -0.39 is 10.0 Å². The van der Waals surface area contributed by atoms with Crippen molar-refractivity contribution in [2.45, 2.75) is 37.5 Å². The summed E-state index contributed by atoms with van der Waals surface area (Å²) < 4.78 is 26.4. The Kier molecular flexibility index (Phi) is 4.45. The molecule has 0 spiro atoms. The third kappa shape index (κ3) is 3.81. The Bertz CT molecular complexity index is 515. The Hall–Kier alpha value is -0.430. The molecule has 1 aliphatic carbocycles. The molecular weight excluding hydrogens is 292 g/mol. The van der Waals surface area contributed by atoms with Crippen LogP contribution in [0.15, 0.2) is 17.5 Å². The standard InChI is InChI=1S/C14H22N2O2S2/c17-20(18,14-3-4-14)15-10-12-5-7-16(8-6-12)11-13-2-1-9-19-13/h1-2,9,12,14-15H,3-8,10-11H2. The van der Waals surface area contributed by atoms with Crippen molar-refractivity contribution in [3.8, 4) is 0 Å². The fraction of sp³-hybridized carbons (Fsp3) is 0.714. The lowest BCUT2D eigenvalue weighted by atomic mass is 9.97.